The predicted molar refractivity (Wildman–Crippen MR) is 92.3 cm³/mol. The summed E-state index contributed by atoms with van der Waals surface area (Å²) in [6, 6.07) is 14.0. The first-order chi connectivity index (χ1) is 11.6. The molecule has 0 saturated carbocycles. The normalized spacial score (nSPS) is 10.2. The van der Waals surface area contributed by atoms with Gasteiger partial charge in [0.15, 0.2) is 0 Å². The number of rotatable bonds is 7. The Morgan fingerprint density at radius 2 is 1.83 bits per heavy atom. The van der Waals surface area contributed by atoms with Crippen LogP contribution in [-0.2, 0) is 9.47 Å². The number of carbonyl (C=O) groups is 2. The zero-order valence-electron chi connectivity index (χ0n) is 13.9. The molecule has 0 spiro atoms. The Kier molecular flexibility index (Phi) is 6.51. The summed E-state index contributed by atoms with van der Waals surface area (Å²) >= 11 is 0. The summed E-state index contributed by atoms with van der Waals surface area (Å²) in [5.74, 6) is -0.656. The second kappa shape index (κ2) is 8.84. The first-order valence-corrected chi connectivity index (χ1v) is 7.83. The summed E-state index contributed by atoms with van der Waals surface area (Å²) in [4.78, 5) is 24.3. The molecule has 24 heavy (non-hydrogen) atoms. The number of ether oxygens (including phenoxy) is 2. The highest BCUT2D eigenvalue weighted by molar-refractivity contribution is 6.05. The SMILES string of the molecule is CCOCCOC(=O)c1cccc(NC(=O)c2ccccc2C)c1. The minimum absolute atomic E-state index is 0.201. The number of hydrogen-bond donors (Lipinski definition) is 1. The van der Waals surface area contributed by atoms with Crippen LogP contribution in [-0.4, -0.2) is 31.7 Å². The molecule has 2 aromatic rings. The Balaban J connectivity index is 2.01. The summed E-state index contributed by atoms with van der Waals surface area (Å²) in [5.41, 5.74) is 2.42. The molecule has 0 aliphatic heterocycles. The van der Waals surface area contributed by atoms with Crippen molar-refractivity contribution in [2.45, 2.75) is 13.8 Å². The van der Waals surface area contributed by atoms with Crippen LogP contribution in [0.25, 0.3) is 0 Å². The van der Waals surface area contributed by atoms with Crippen molar-refractivity contribution in [3.63, 3.8) is 0 Å². The zero-order chi connectivity index (χ0) is 17.4. The van der Waals surface area contributed by atoms with Gasteiger partial charge in [-0.15, -0.1) is 0 Å². The molecule has 0 radical (unpaired) electrons. The maximum atomic E-state index is 12.3. The molecule has 2 aromatic carbocycles. The minimum Gasteiger partial charge on any atom is -0.460 e. The van der Waals surface area contributed by atoms with Crippen LogP contribution in [0.5, 0.6) is 0 Å². The van der Waals surface area contributed by atoms with E-state index in [0.717, 1.165) is 5.56 Å². The van der Waals surface area contributed by atoms with Crippen molar-refractivity contribution in [2.24, 2.45) is 0 Å². The van der Waals surface area contributed by atoms with Gasteiger partial charge >= 0.3 is 5.97 Å². The largest absolute Gasteiger partial charge is 0.460 e. The van der Waals surface area contributed by atoms with Crippen molar-refractivity contribution >= 4 is 17.6 Å². The minimum atomic E-state index is -0.443. The average Bonchev–Trinajstić information content (AvgIpc) is 2.59. The summed E-state index contributed by atoms with van der Waals surface area (Å²) in [5, 5.41) is 2.80. The Labute approximate surface area is 141 Å². The van der Waals surface area contributed by atoms with Crippen molar-refractivity contribution in [3.8, 4) is 0 Å². The van der Waals surface area contributed by atoms with Crippen LogP contribution < -0.4 is 5.32 Å². The van der Waals surface area contributed by atoms with Gasteiger partial charge in [0.1, 0.15) is 6.61 Å². The van der Waals surface area contributed by atoms with Gasteiger partial charge in [-0.25, -0.2) is 4.79 Å². The molecule has 1 amide bonds. The predicted octanol–water partition coefficient (Wildman–Crippen LogP) is 3.44. The Morgan fingerprint density at radius 1 is 1.04 bits per heavy atom. The third-order valence-corrected chi connectivity index (χ3v) is 3.41. The fourth-order valence-corrected chi connectivity index (χ4v) is 2.17. The lowest BCUT2D eigenvalue weighted by Gasteiger charge is -2.09. The zero-order valence-corrected chi connectivity index (χ0v) is 13.9. The van der Waals surface area contributed by atoms with Crippen molar-refractivity contribution in [1.82, 2.24) is 0 Å². The van der Waals surface area contributed by atoms with Gasteiger partial charge in [-0.05, 0) is 43.7 Å². The Morgan fingerprint density at radius 3 is 2.58 bits per heavy atom. The molecule has 0 aliphatic carbocycles. The molecule has 0 aliphatic rings. The van der Waals surface area contributed by atoms with E-state index in [0.29, 0.717) is 30.0 Å². The molecule has 0 fully saturated rings. The average molecular weight is 327 g/mol. The smallest absolute Gasteiger partial charge is 0.338 e. The quantitative estimate of drug-likeness (QED) is 0.625. The molecule has 2 rings (SSSR count). The van der Waals surface area contributed by atoms with Gasteiger partial charge in [0.2, 0.25) is 0 Å². The molecule has 0 heterocycles. The summed E-state index contributed by atoms with van der Waals surface area (Å²) in [6.07, 6.45) is 0. The number of aryl methyl sites for hydroxylation is 1. The van der Waals surface area contributed by atoms with Crippen molar-refractivity contribution < 1.29 is 19.1 Å². The first kappa shape index (κ1) is 17.7. The van der Waals surface area contributed by atoms with E-state index in [2.05, 4.69) is 5.32 Å². The van der Waals surface area contributed by atoms with Gasteiger partial charge in [-0.3, -0.25) is 4.79 Å². The lowest BCUT2D eigenvalue weighted by Crippen LogP contribution is -2.14. The number of hydrogen-bond acceptors (Lipinski definition) is 4. The van der Waals surface area contributed by atoms with Crippen molar-refractivity contribution in [1.29, 1.82) is 0 Å². The molecular weight excluding hydrogens is 306 g/mol. The van der Waals surface area contributed by atoms with E-state index in [9.17, 15) is 9.59 Å². The van der Waals surface area contributed by atoms with Gasteiger partial charge in [0, 0.05) is 17.9 Å². The highest BCUT2D eigenvalue weighted by Crippen LogP contribution is 2.15. The maximum Gasteiger partial charge on any atom is 0.338 e. The highest BCUT2D eigenvalue weighted by Gasteiger charge is 2.11. The van der Waals surface area contributed by atoms with E-state index in [1.165, 1.54) is 0 Å². The van der Waals surface area contributed by atoms with Crippen LogP contribution in [0.2, 0.25) is 0 Å². The van der Waals surface area contributed by atoms with Crippen molar-refractivity contribution in [3.05, 3.63) is 65.2 Å². The van der Waals surface area contributed by atoms with Crippen LogP contribution in [0.15, 0.2) is 48.5 Å². The number of nitrogens with one attached hydrogen (secondary N) is 1. The summed E-state index contributed by atoms with van der Waals surface area (Å²) in [7, 11) is 0. The lowest BCUT2D eigenvalue weighted by atomic mass is 10.1. The van der Waals surface area contributed by atoms with Crippen LogP contribution in [0.4, 0.5) is 5.69 Å². The molecule has 5 heteroatoms. The van der Waals surface area contributed by atoms with Gasteiger partial charge < -0.3 is 14.8 Å². The van der Waals surface area contributed by atoms with Gasteiger partial charge in [0.25, 0.3) is 5.91 Å². The Bertz CT molecular complexity index is 712. The van der Waals surface area contributed by atoms with Gasteiger partial charge in [0.05, 0.1) is 12.2 Å². The molecule has 1 N–H and O–H groups in total. The van der Waals surface area contributed by atoms with E-state index in [-0.39, 0.29) is 12.5 Å². The fourth-order valence-electron chi connectivity index (χ4n) is 2.17. The second-order valence-electron chi connectivity index (χ2n) is 5.18. The standard InChI is InChI=1S/C19H21NO4/c1-3-23-11-12-24-19(22)15-8-6-9-16(13-15)20-18(21)17-10-5-4-7-14(17)2/h4-10,13H,3,11-12H2,1-2H3,(H,20,21). The third-order valence-electron chi connectivity index (χ3n) is 3.41. The van der Waals surface area contributed by atoms with Crippen LogP contribution >= 0.6 is 0 Å². The first-order valence-electron chi connectivity index (χ1n) is 7.83. The summed E-state index contributed by atoms with van der Waals surface area (Å²) < 4.78 is 10.2. The van der Waals surface area contributed by atoms with Gasteiger partial charge in [-0.1, -0.05) is 24.3 Å². The number of benzene rings is 2. The molecule has 5 nitrogen and oxygen atoms in total. The molecule has 0 atom stereocenters. The van der Waals surface area contributed by atoms with Gasteiger partial charge in [-0.2, -0.15) is 0 Å². The molecule has 126 valence electrons. The number of carbonyl (C=O) groups excluding carboxylic acids is 2. The van der Waals surface area contributed by atoms with Crippen molar-refractivity contribution in [2.75, 3.05) is 25.1 Å². The number of esters is 1. The monoisotopic (exact) mass is 327 g/mol. The number of anilines is 1. The Hall–Kier alpha value is -2.66. The highest BCUT2D eigenvalue weighted by atomic mass is 16.6. The molecule has 0 bridgehead atoms. The van der Waals surface area contributed by atoms with E-state index in [4.69, 9.17) is 9.47 Å². The number of amides is 1. The van der Waals surface area contributed by atoms with Crippen LogP contribution in [0.1, 0.15) is 33.2 Å². The molecule has 0 unspecified atom stereocenters. The van der Waals surface area contributed by atoms with E-state index < -0.39 is 5.97 Å². The maximum absolute atomic E-state index is 12.3. The topological polar surface area (TPSA) is 64.6 Å². The van der Waals surface area contributed by atoms with E-state index in [1.54, 1.807) is 30.3 Å². The molecule has 0 saturated heterocycles. The third kappa shape index (κ3) is 4.93. The summed E-state index contributed by atoms with van der Waals surface area (Å²) in [6.45, 7) is 4.90. The van der Waals surface area contributed by atoms with E-state index >= 15 is 0 Å². The van der Waals surface area contributed by atoms with Crippen LogP contribution in [0, 0.1) is 6.92 Å². The second-order valence-corrected chi connectivity index (χ2v) is 5.18. The van der Waals surface area contributed by atoms with Crippen LogP contribution in [0.3, 0.4) is 0 Å². The van der Waals surface area contributed by atoms with E-state index in [1.807, 2.05) is 32.0 Å². The lowest BCUT2D eigenvalue weighted by molar-refractivity contribution is 0.0335. The fraction of sp³-hybridized carbons (Fsp3) is 0.263. The molecule has 0 aromatic heterocycles. The molecular formula is C19H21NO4.